The van der Waals surface area contributed by atoms with Crippen LogP contribution in [0.4, 0.5) is 0 Å². The van der Waals surface area contributed by atoms with E-state index in [-0.39, 0.29) is 5.54 Å². The third kappa shape index (κ3) is 1.42. The van der Waals surface area contributed by atoms with Crippen LogP contribution in [-0.4, -0.2) is 47.5 Å². The molecule has 0 aliphatic carbocycles. The molecular formula is C10H16INO2. The highest BCUT2D eigenvalue weighted by molar-refractivity contribution is 14.1. The second-order valence-electron chi connectivity index (χ2n) is 4.22. The number of Topliss-reactive ketones (excluding diaryl/α,β-unsaturated/α-hetero) is 1. The molecule has 0 N–H and O–H groups in total. The Morgan fingerprint density at radius 1 is 1.57 bits per heavy atom. The summed E-state index contributed by atoms with van der Waals surface area (Å²) in [6.07, 6.45) is 2.11. The van der Waals surface area contributed by atoms with Crippen molar-refractivity contribution in [1.82, 2.24) is 4.90 Å². The second-order valence-corrected chi connectivity index (χ2v) is 4.99. The lowest BCUT2D eigenvalue weighted by Gasteiger charge is -2.51. The maximum Gasteiger partial charge on any atom is 0.159 e. The van der Waals surface area contributed by atoms with E-state index in [0.717, 1.165) is 30.4 Å². The third-order valence-electron chi connectivity index (χ3n) is 3.53. The number of carbonyl (C=O) groups excluding carboxylic acids is 1. The summed E-state index contributed by atoms with van der Waals surface area (Å²) in [6, 6.07) is 0. The predicted octanol–water partition coefficient (Wildman–Crippen LogP) is 1.10. The Hall–Kier alpha value is 0.320. The molecule has 80 valence electrons. The minimum Gasteiger partial charge on any atom is -0.382 e. The molecule has 1 unspecified atom stereocenters. The number of ether oxygens (including phenoxy) is 1. The van der Waals surface area contributed by atoms with Crippen LogP contribution >= 0.6 is 22.6 Å². The molecule has 1 atom stereocenters. The van der Waals surface area contributed by atoms with Gasteiger partial charge in [-0.2, -0.15) is 0 Å². The fourth-order valence-corrected chi connectivity index (χ4v) is 3.77. The molecule has 0 spiro atoms. The lowest BCUT2D eigenvalue weighted by molar-refractivity contribution is -0.150. The van der Waals surface area contributed by atoms with E-state index >= 15 is 0 Å². The Bertz CT molecular complexity index is 238. The van der Waals surface area contributed by atoms with E-state index in [1.54, 1.807) is 7.11 Å². The van der Waals surface area contributed by atoms with Gasteiger partial charge in [-0.1, -0.05) is 22.6 Å². The quantitative estimate of drug-likeness (QED) is 0.578. The fourth-order valence-electron chi connectivity index (χ4n) is 2.70. The highest BCUT2D eigenvalue weighted by atomic mass is 127. The van der Waals surface area contributed by atoms with E-state index in [9.17, 15) is 4.79 Å². The van der Waals surface area contributed by atoms with Gasteiger partial charge in [-0.25, -0.2) is 0 Å². The lowest BCUT2D eigenvalue weighted by Crippen LogP contribution is -2.68. The molecule has 14 heavy (non-hydrogen) atoms. The van der Waals surface area contributed by atoms with Crippen molar-refractivity contribution >= 4 is 28.4 Å². The van der Waals surface area contributed by atoms with Gasteiger partial charge in [0.1, 0.15) is 5.54 Å². The van der Waals surface area contributed by atoms with E-state index < -0.39 is 0 Å². The molecular weight excluding hydrogens is 293 g/mol. The van der Waals surface area contributed by atoms with Crippen molar-refractivity contribution < 1.29 is 9.53 Å². The summed E-state index contributed by atoms with van der Waals surface area (Å²) < 4.78 is 6.09. The van der Waals surface area contributed by atoms with Gasteiger partial charge in [-0.15, -0.1) is 0 Å². The summed E-state index contributed by atoms with van der Waals surface area (Å²) in [4.78, 5) is 14.5. The number of hydrogen-bond donors (Lipinski definition) is 0. The minimum absolute atomic E-state index is 0.295. The van der Waals surface area contributed by atoms with Gasteiger partial charge in [0, 0.05) is 17.5 Å². The number of methoxy groups -OCH3 is 1. The average molecular weight is 309 g/mol. The topological polar surface area (TPSA) is 29.5 Å². The van der Waals surface area contributed by atoms with Gasteiger partial charge in [0.25, 0.3) is 0 Å². The maximum atomic E-state index is 12.2. The zero-order valence-electron chi connectivity index (χ0n) is 8.46. The summed E-state index contributed by atoms with van der Waals surface area (Å²) >= 11 is 2.31. The zero-order chi connectivity index (χ0) is 10.2. The van der Waals surface area contributed by atoms with E-state index in [4.69, 9.17) is 4.74 Å². The first-order valence-electron chi connectivity index (χ1n) is 5.09. The molecule has 3 nitrogen and oxygen atoms in total. The van der Waals surface area contributed by atoms with E-state index in [1.807, 2.05) is 0 Å². The Morgan fingerprint density at radius 3 is 2.64 bits per heavy atom. The van der Waals surface area contributed by atoms with Crippen LogP contribution in [0, 0.1) is 5.92 Å². The van der Waals surface area contributed by atoms with Crippen LogP contribution in [-0.2, 0) is 9.53 Å². The molecule has 4 heteroatoms. The van der Waals surface area contributed by atoms with Crippen LogP contribution in [0.25, 0.3) is 0 Å². The number of carbonyl (C=O) groups is 1. The molecule has 3 aliphatic heterocycles. The molecule has 3 rings (SSSR count). The molecule has 0 aromatic heterocycles. The van der Waals surface area contributed by atoms with Crippen molar-refractivity contribution in [1.29, 1.82) is 0 Å². The first-order valence-corrected chi connectivity index (χ1v) is 6.61. The van der Waals surface area contributed by atoms with Crippen molar-refractivity contribution in [3.8, 4) is 0 Å². The molecule has 0 aromatic carbocycles. The van der Waals surface area contributed by atoms with Gasteiger partial charge in [-0.05, 0) is 25.9 Å². The first-order chi connectivity index (χ1) is 6.74. The number of piperidine rings is 3. The summed E-state index contributed by atoms with van der Waals surface area (Å²) in [7, 11) is 1.69. The van der Waals surface area contributed by atoms with Crippen molar-refractivity contribution in [3.63, 3.8) is 0 Å². The van der Waals surface area contributed by atoms with Crippen molar-refractivity contribution in [2.75, 3.05) is 31.2 Å². The van der Waals surface area contributed by atoms with Crippen molar-refractivity contribution in [2.45, 2.75) is 18.4 Å². The molecule has 0 amide bonds. The van der Waals surface area contributed by atoms with Gasteiger partial charge < -0.3 is 4.74 Å². The van der Waals surface area contributed by atoms with Crippen LogP contribution in [0.1, 0.15) is 12.8 Å². The number of halogens is 1. The molecule has 3 aliphatic rings. The first kappa shape index (κ1) is 10.8. The van der Waals surface area contributed by atoms with Crippen LogP contribution in [0.5, 0.6) is 0 Å². The Balaban J connectivity index is 2.26. The van der Waals surface area contributed by atoms with E-state index in [1.165, 1.54) is 0 Å². The van der Waals surface area contributed by atoms with Crippen molar-refractivity contribution in [3.05, 3.63) is 0 Å². The maximum absolute atomic E-state index is 12.2. The van der Waals surface area contributed by atoms with E-state index in [0.29, 0.717) is 18.3 Å². The molecule has 3 fully saturated rings. The third-order valence-corrected chi connectivity index (χ3v) is 4.80. The number of ketones is 1. The normalized spacial score (nSPS) is 41.7. The lowest BCUT2D eigenvalue weighted by atomic mass is 9.74. The Kier molecular flexibility index (Phi) is 3.14. The van der Waals surface area contributed by atoms with Crippen LogP contribution in [0.2, 0.25) is 0 Å². The zero-order valence-corrected chi connectivity index (χ0v) is 10.6. The molecule has 0 radical (unpaired) electrons. The number of alkyl halides is 1. The number of rotatable bonds is 3. The van der Waals surface area contributed by atoms with Gasteiger partial charge >= 0.3 is 0 Å². The second kappa shape index (κ2) is 4.06. The van der Waals surface area contributed by atoms with Gasteiger partial charge in [-0.3, -0.25) is 9.69 Å². The highest BCUT2D eigenvalue weighted by Gasteiger charge is 2.52. The smallest absolute Gasteiger partial charge is 0.159 e. The summed E-state index contributed by atoms with van der Waals surface area (Å²) in [5.41, 5.74) is -0.295. The molecule has 3 saturated heterocycles. The standard InChI is InChI=1S/C10H16INO2/c1-14-7-10(6-11)9(13)8-2-4-12(10)5-3-8/h8H,2-7H2,1H3. The monoisotopic (exact) mass is 309 g/mol. The van der Waals surface area contributed by atoms with Gasteiger partial charge in [0.05, 0.1) is 6.61 Å². The molecule has 3 heterocycles. The minimum atomic E-state index is -0.295. The largest absolute Gasteiger partial charge is 0.382 e. The van der Waals surface area contributed by atoms with E-state index in [2.05, 4.69) is 27.5 Å². The number of hydrogen-bond acceptors (Lipinski definition) is 3. The van der Waals surface area contributed by atoms with Crippen molar-refractivity contribution in [2.24, 2.45) is 5.92 Å². The number of nitrogens with zero attached hydrogens (tertiary/aromatic N) is 1. The predicted molar refractivity (Wildman–Crippen MR) is 62.8 cm³/mol. The molecule has 0 aromatic rings. The molecule has 0 saturated carbocycles. The Labute approximate surface area is 98.3 Å². The average Bonchev–Trinajstić information content (AvgIpc) is 2.24. The summed E-state index contributed by atoms with van der Waals surface area (Å²) in [5, 5.41) is 0. The highest BCUT2D eigenvalue weighted by Crippen LogP contribution is 2.37. The van der Waals surface area contributed by atoms with Gasteiger partial charge in [0.15, 0.2) is 5.78 Å². The fraction of sp³-hybridized carbons (Fsp3) is 0.900. The summed E-state index contributed by atoms with van der Waals surface area (Å²) in [5.74, 6) is 0.733. The van der Waals surface area contributed by atoms with Crippen LogP contribution in [0.3, 0.4) is 0 Å². The molecule has 2 bridgehead atoms. The van der Waals surface area contributed by atoms with Gasteiger partial charge in [0.2, 0.25) is 0 Å². The number of fused-ring (bicyclic) bond motifs is 3. The van der Waals surface area contributed by atoms with Crippen LogP contribution in [0.15, 0.2) is 0 Å². The Morgan fingerprint density at radius 2 is 2.21 bits per heavy atom. The SMILES string of the molecule is COCC1(CI)C(=O)C2CCN1CC2. The summed E-state index contributed by atoms with van der Waals surface area (Å²) in [6.45, 7) is 2.71. The van der Waals surface area contributed by atoms with Crippen LogP contribution < -0.4 is 0 Å².